The largest absolute Gasteiger partial charge is 0.103 e. The van der Waals surface area contributed by atoms with Crippen molar-refractivity contribution in [2.75, 3.05) is 0 Å². The molecule has 0 bridgehead atoms. The summed E-state index contributed by atoms with van der Waals surface area (Å²) in [5.41, 5.74) is 1.06. The summed E-state index contributed by atoms with van der Waals surface area (Å²) in [6.07, 6.45) is 18.3. The molecule has 0 aromatic heterocycles. The first-order valence-electron chi connectivity index (χ1n) is 11.0. The van der Waals surface area contributed by atoms with Crippen LogP contribution in [0.15, 0.2) is 12.7 Å². The maximum Gasteiger partial charge on any atom is -0.0263 e. The number of fused-ring (bicyclic) bond motifs is 1. The summed E-state index contributed by atoms with van der Waals surface area (Å²) in [5.74, 6) is 4.97. The third kappa shape index (κ3) is 3.36. The third-order valence-electron chi connectivity index (χ3n) is 8.55. The van der Waals surface area contributed by atoms with Crippen molar-refractivity contribution < 1.29 is 0 Å². The summed E-state index contributed by atoms with van der Waals surface area (Å²) in [6, 6.07) is 0. The molecule has 0 aromatic rings. The SMILES string of the molecule is C=CCCC(C)(C1CCCC1)C1CC(C(C)(C)C)C2CCCCC21. The minimum atomic E-state index is 0.490. The average Bonchev–Trinajstić information content (AvgIpc) is 3.20. The molecule has 5 unspecified atom stereocenters. The molecule has 24 heavy (non-hydrogen) atoms. The second-order valence-corrected chi connectivity index (χ2v) is 10.7. The normalized spacial score (nSPS) is 37.2. The molecule has 3 saturated carbocycles. The fourth-order valence-electron chi connectivity index (χ4n) is 7.26. The molecule has 0 heterocycles. The van der Waals surface area contributed by atoms with E-state index >= 15 is 0 Å². The van der Waals surface area contributed by atoms with Crippen molar-refractivity contribution in [1.82, 2.24) is 0 Å². The Hall–Kier alpha value is -0.260. The van der Waals surface area contributed by atoms with E-state index < -0.39 is 0 Å². The highest BCUT2D eigenvalue weighted by atomic mass is 14.6. The molecule has 3 fully saturated rings. The van der Waals surface area contributed by atoms with Crippen LogP contribution in [0.4, 0.5) is 0 Å². The van der Waals surface area contributed by atoms with E-state index in [2.05, 4.69) is 40.3 Å². The summed E-state index contributed by atoms with van der Waals surface area (Å²) in [6.45, 7) is 14.3. The smallest absolute Gasteiger partial charge is 0.0263 e. The first-order chi connectivity index (χ1) is 11.4. The first-order valence-corrected chi connectivity index (χ1v) is 11.0. The van der Waals surface area contributed by atoms with E-state index in [1.807, 2.05) is 0 Å². The molecule has 0 heteroatoms. The van der Waals surface area contributed by atoms with E-state index in [0.717, 1.165) is 29.6 Å². The molecule has 0 aliphatic heterocycles. The number of rotatable bonds is 5. The van der Waals surface area contributed by atoms with Gasteiger partial charge in [-0.25, -0.2) is 0 Å². The monoisotopic (exact) mass is 330 g/mol. The Kier molecular flexibility index (Phi) is 5.53. The summed E-state index contributed by atoms with van der Waals surface area (Å²) in [5, 5.41) is 0. The molecule has 0 radical (unpaired) electrons. The Morgan fingerprint density at radius 2 is 1.38 bits per heavy atom. The predicted octanol–water partition coefficient (Wildman–Crippen LogP) is 7.64. The average molecular weight is 331 g/mol. The van der Waals surface area contributed by atoms with Crippen molar-refractivity contribution in [2.45, 2.75) is 98.3 Å². The molecule has 0 saturated heterocycles. The van der Waals surface area contributed by atoms with Crippen LogP contribution in [0.2, 0.25) is 0 Å². The van der Waals surface area contributed by atoms with E-state index in [4.69, 9.17) is 0 Å². The lowest BCUT2D eigenvalue weighted by atomic mass is 9.59. The highest BCUT2D eigenvalue weighted by Gasteiger charge is 2.55. The van der Waals surface area contributed by atoms with Crippen LogP contribution in [0.5, 0.6) is 0 Å². The molecule has 138 valence electrons. The highest BCUT2D eigenvalue weighted by Crippen LogP contribution is 2.63. The summed E-state index contributed by atoms with van der Waals surface area (Å²) < 4.78 is 0. The lowest BCUT2D eigenvalue weighted by Crippen LogP contribution is -2.38. The Labute approximate surface area is 151 Å². The van der Waals surface area contributed by atoms with Crippen molar-refractivity contribution in [3.63, 3.8) is 0 Å². The molecular weight excluding hydrogens is 288 g/mol. The van der Waals surface area contributed by atoms with Gasteiger partial charge in [0.05, 0.1) is 0 Å². The van der Waals surface area contributed by atoms with Gasteiger partial charge in [-0.15, -0.1) is 6.58 Å². The van der Waals surface area contributed by atoms with Gasteiger partial charge >= 0.3 is 0 Å². The lowest BCUT2D eigenvalue weighted by Gasteiger charge is -2.45. The van der Waals surface area contributed by atoms with Crippen LogP contribution in [-0.2, 0) is 0 Å². The zero-order chi connectivity index (χ0) is 17.4. The molecule has 3 aliphatic rings. The van der Waals surface area contributed by atoms with Crippen molar-refractivity contribution in [3.8, 4) is 0 Å². The molecule has 5 atom stereocenters. The second-order valence-electron chi connectivity index (χ2n) is 10.7. The Morgan fingerprint density at radius 3 is 1.92 bits per heavy atom. The van der Waals surface area contributed by atoms with Gasteiger partial charge < -0.3 is 0 Å². The zero-order valence-electron chi connectivity index (χ0n) is 16.9. The molecule has 0 aromatic carbocycles. The van der Waals surface area contributed by atoms with Crippen molar-refractivity contribution in [2.24, 2.45) is 40.4 Å². The van der Waals surface area contributed by atoms with Gasteiger partial charge in [0.15, 0.2) is 0 Å². The topological polar surface area (TPSA) is 0 Å². The molecule has 0 spiro atoms. The van der Waals surface area contributed by atoms with Crippen LogP contribution < -0.4 is 0 Å². The molecule has 3 aliphatic carbocycles. The Morgan fingerprint density at radius 1 is 0.833 bits per heavy atom. The fraction of sp³-hybridized carbons (Fsp3) is 0.917. The van der Waals surface area contributed by atoms with E-state index in [0.29, 0.717) is 10.8 Å². The van der Waals surface area contributed by atoms with Crippen molar-refractivity contribution in [3.05, 3.63) is 12.7 Å². The van der Waals surface area contributed by atoms with Gasteiger partial charge in [0.25, 0.3) is 0 Å². The molecule has 0 N–H and O–H groups in total. The number of hydrogen-bond acceptors (Lipinski definition) is 0. The van der Waals surface area contributed by atoms with E-state index in [1.165, 1.54) is 70.6 Å². The van der Waals surface area contributed by atoms with E-state index in [9.17, 15) is 0 Å². The summed E-state index contributed by atoms with van der Waals surface area (Å²) in [7, 11) is 0. The van der Waals surface area contributed by atoms with Gasteiger partial charge in [-0.05, 0) is 85.4 Å². The van der Waals surface area contributed by atoms with Crippen molar-refractivity contribution in [1.29, 1.82) is 0 Å². The molecule has 0 nitrogen and oxygen atoms in total. The Balaban J connectivity index is 1.89. The summed E-state index contributed by atoms with van der Waals surface area (Å²) in [4.78, 5) is 0. The van der Waals surface area contributed by atoms with E-state index in [1.54, 1.807) is 0 Å². The minimum absolute atomic E-state index is 0.490. The van der Waals surface area contributed by atoms with Gasteiger partial charge in [0.2, 0.25) is 0 Å². The predicted molar refractivity (Wildman–Crippen MR) is 106 cm³/mol. The fourth-order valence-corrected chi connectivity index (χ4v) is 7.26. The minimum Gasteiger partial charge on any atom is -0.103 e. The van der Waals surface area contributed by atoms with Crippen LogP contribution >= 0.6 is 0 Å². The van der Waals surface area contributed by atoms with Gasteiger partial charge in [-0.2, -0.15) is 0 Å². The quantitative estimate of drug-likeness (QED) is 0.454. The van der Waals surface area contributed by atoms with Crippen LogP contribution in [0, 0.1) is 40.4 Å². The number of allylic oxidation sites excluding steroid dienone is 1. The van der Waals surface area contributed by atoms with Gasteiger partial charge in [-0.3, -0.25) is 0 Å². The van der Waals surface area contributed by atoms with Crippen molar-refractivity contribution >= 4 is 0 Å². The molecule has 0 amide bonds. The molecular formula is C24H42. The zero-order valence-corrected chi connectivity index (χ0v) is 16.9. The number of hydrogen-bond donors (Lipinski definition) is 0. The van der Waals surface area contributed by atoms with Gasteiger partial charge in [0.1, 0.15) is 0 Å². The Bertz CT molecular complexity index is 422. The third-order valence-corrected chi connectivity index (χ3v) is 8.55. The standard InChI is InChI=1S/C24H42/c1-6-7-16-24(5,18-12-8-9-13-18)22-17-21(23(2,3)4)19-14-10-11-15-20(19)22/h6,18-22H,1,7-17H2,2-5H3. The van der Waals surface area contributed by atoms with Crippen LogP contribution in [0.25, 0.3) is 0 Å². The van der Waals surface area contributed by atoms with Gasteiger partial charge in [-0.1, -0.05) is 59.5 Å². The van der Waals surface area contributed by atoms with Crippen LogP contribution in [0.1, 0.15) is 98.3 Å². The maximum atomic E-state index is 4.05. The summed E-state index contributed by atoms with van der Waals surface area (Å²) >= 11 is 0. The van der Waals surface area contributed by atoms with E-state index in [-0.39, 0.29) is 0 Å². The second kappa shape index (κ2) is 7.16. The van der Waals surface area contributed by atoms with Crippen LogP contribution in [0.3, 0.4) is 0 Å². The first kappa shape index (κ1) is 18.5. The lowest BCUT2D eigenvalue weighted by molar-refractivity contribution is 0.0372. The molecule has 3 rings (SSSR count). The maximum absolute atomic E-state index is 4.05. The highest BCUT2D eigenvalue weighted by molar-refractivity contribution is 5.04. The van der Waals surface area contributed by atoms with Crippen LogP contribution in [-0.4, -0.2) is 0 Å². The van der Waals surface area contributed by atoms with Gasteiger partial charge in [0, 0.05) is 0 Å².